The molecule has 10 nitrogen and oxygen atoms in total. The van der Waals surface area contributed by atoms with Gasteiger partial charge in [-0.05, 0) is 49.4 Å². The van der Waals surface area contributed by atoms with Crippen LogP contribution in [0.15, 0.2) is 42.9 Å². The summed E-state index contributed by atoms with van der Waals surface area (Å²) in [6, 6.07) is 6.30. The van der Waals surface area contributed by atoms with Crippen LogP contribution in [0.5, 0.6) is 5.75 Å². The largest absolute Gasteiger partial charge is 0.491 e. The predicted octanol–water partition coefficient (Wildman–Crippen LogP) is 2.96. The molecule has 0 saturated heterocycles. The molecule has 2 aromatic heterocycles. The van der Waals surface area contributed by atoms with Gasteiger partial charge in [0, 0.05) is 30.5 Å². The van der Waals surface area contributed by atoms with Gasteiger partial charge in [-0.15, -0.1) is 0 Å². The summed E-state index contributed by atoms with van der Waals surface area (Å²) in [5.74, 6) is -0.214. The number of carbonyl (C=O) groups excluding carboxylic acids is 3. The lowest BCUT2D eigenvalue weighted by Crippen LogP contribution is -2.46. The number of ether oxygens (including phenoxy) is 1. The van der Waals surface area contributed by atoms with Gasteiger partial charge in [0.1, 0.15) is 17.9 Å². The summed E-state index contributed by atoms with van der Waals surface area (Å²) in [4.78, 5) is 45.2. The lowest BCUT2D eigenvalue weighted by atomic mass is 10.0. The Labute approximate surface area is 220 Å². The Morgan fingerprint density at radius 3 is 2.92 bits per heavy atom. The second-order valence-corrected chi connectivity index (χ2v) is 9.92. The molecular weight excluding hydrogens is 496 g/mol. The Morgan fingerprint density at radius 2 is 2.11 bits per heavy atom. The van der Waals surface area contributed by atoms with Crippen LogP contribution < -0.4 is 15.4 Å². The Bertz CT molecular complexity index is 1280. The minimum absolute atomic E-state index is 0.115. The zero-order valence-corrected chi connectivity index (χ0v) is 21.7. The van der Waals surface area contributed by atoms with Crippen LogP contribution in [0.25, 0.3) is 5.65 Å². The molecule has 3 heterocycles. The fourth-order valence-corrected chi connectivity index (χ4v) is 4.48. The molecule has 196 valence electrons. The van der Waals surface area contributed by atoms with Gasteiger partial charge < -0.3 is 20.3 Å². The van der Waals surface area contributed by atoms with Crippen molar-refractivity contribution in [3.05, 3.63) is 59.0 Å². The Hall–Kier alpha value is -3.66. The Morgan fingerprint density at radius 1 is 1.27 bits per heavy atom. The minimum atomic E-state index is -0.323. The van der Waals surface area contributed by atoms with Crippen LogP contribution >= 0.6 is 11.6 Å². The number of hydrogen-bond donors (Lipinski definition) is 2. The number of halogens is 1. The molecule has 0 radical (unpaired) electrons. The van der Waals surface area contributed by atoms with Crippen molar-refractivity contribution in [2.24, 2.45) is 5.92 Å². The van der Waals surface area contributed by atoms with E-state index < -0.39 is 0 Å². The summed E-state index contributed by atoms with van der Waals surface area (Å²) in [6.07, 6.45) is 6.62. The van der Waals surface area contributed by atoms with Crippen molar-refractivity contribution >= 4 is 35.0 Å². The number of nitrogens with one attached hydrogen (secondary N) is 2. The van der Waals surface area contributed by atoms with Crippen LogP contribution in [0, 0.1) is 5.92 Å². The topological polar surface area (TPSA) is 118 Å². The van der Waals surface area contributed by atoms with E-state index in [4.69, 9.17) is 16.3 Å². The smallest absolute Gasteiger partial charge is 0.259 e. The number of amides is 3. The normalized spacial score (nSPS) is 17.8. The van der Waals surface area contributed by atoms with Gasteiger partial charge >= 0.3 is 0 Å². The van der Waals surface area contributed by atoms with Gasteiger partial charge in [-0.3, -0.25) is 14.4 Å². The summed E-state index contributed by atoms with van der Waals surface area (Å²) in [5.41, 5.74) is 1.10. The summed E-state index contributed by atoms with van der Waals surface area (Å²) in [7, 11) is 0. The first-order valence-electron chi connectivity index (χ1n) is 12.4. The minimum Gasteiger partial charge on any atom is -0.491 e. The number of carbonyl (C=O) groups is 3. The maximum atomic E-state index is 13.5. The van der Waals surface area contributed by atoms with Gasteiger partial charge in [-0.1, -0.05) is 25.4 Å². The highest BCUT2D eigenvalue weighted by Crippen LogP contribution is 2.24. The summed E-state index contributed by atoms with van der Waals surface area (Å²) < 4.78 is 7.52. The SMILES string of the molecule is CC(C)C[C@@H]1COc2ccc(Cl)cc2C(=O)NCCCCN(C(=O)c2cnn3cccnc23)CC(=O)N1. The Balaban J connectivity index is 1.57. The summed E-state index contributed by atoms with van der Waals surface area (Å²) >= 11 is 6.14. The fraction of sp³-hybridized carbons (Fsp3) is 0.423. The van der Waals surface area contributed by atoms with Gasteiger partial charge in [0.25, 0.3) is 11.8 Å². The van der Waals surface area contributed by atoms with E-state index in [0.717, 1.165) is 0 Å². The van der Waals surface area contributed by atoms with Crippen LogP contribution in [0.4, 0.5) is 0 Å². The average molecular weight is 527 g/mol. The number of fused-ring (bicyclic) bond motifs is 2. The van der Waals surface area contributed by atoms with Crippen molar-refractivity contribution in [2.75, 3.05) is 26.2 Å². The molecule has 4 rings (SSSR count). The van der Waals surface area contributed by atoms with E-state index in [9.17, 15) is 14.4 Å². The highest BCUT2D eigenvalue weighted by atomic mass is 35.5. The highest BCUT2D eigenvalue weighted by molar-refractivity contribution is 6.31. The van der Waals surface area contributed by atoms with E-state index in [2.05, 4.69) is 34.6 Å². The number of aromatic nitrogens is 3. The molecule has 0 bridgehead atoms. The molecule has 11 heteroatoms. The third-order valence-corrected chi connectivity index (χ3v) is 6.25. The van der Waals surface area contributed by atoms with Crippen LogP contribution in [-0.2, 0) is 4.79 Å². The molecule has 3 aromatic rings. The molecule has 1 atom stereocenters. The van der Waals surface area contributed by atoms with Crippen LogP contribution in [0.3, 0.4) is 0 Å². The first-order valence-corrected chi connectivity index (χ1v) is 12.8. The molecule has 0 unspecified atom stereocenters. The molecule has 0 saturated carbocycles. The molecule has 2 N–H and O–H groups in total. The van der Waals surface area contributed by atoms with Gasteiger partial charge in [0.15, 0.2) is 5.65 Å². The van der Waals surface area contributed by atoms with Crippen LogP contribution in [-0.4, -0.2) is 69.5 Å². The third-order valence-electron chi connectivity index (χ3n) is 6.02. The third kappa shape index (κ3) is 6.76. The van der Waals surface area contributed by atoms with Crippen molar-refractivity contribution < 1.29 is 19.1 Å². The van der Waals surface area contributed by atoms with E-state index in [1.165, 1.54) is 15.6 Å². The van der Waals surface area contributed by atoms with E-state index >= 15 is 0 Å². The predicted molar refractivity (Wildman–Crippen MR) is 139 cm³/mol. The highest BCUT2D eigenvalue weighted by Gasteiger charge is 2.25. The molecule has 3 amide bonds. The van der Waals surface area contributed by atoms with Gasteiger partial charge in [0.05, 0.1) is 24.3 Å². The Kier molecular flexibility index (Phi) is 8.60. The molecule has 0 spiro atoms. The molecule has 1 aromatic carbocycles. The lowest BCUT2D eigenvalue weighted by Gasteiger charge is -2.25. The quantitative estimate of drug-likeness (QED) is 0.542. The first kappa shape index (κ1) is 26.4. The standard InChI is InChI=1S/C26H31ClN6O4/c1-17(2)12-19-16-37-22-7-6-18(27)13-20(22)25(35)29-8-3-4-10-32(15-23(34)31-19)26(36)21-14-30-33-11-5-9-28-24(21)33/h5-7,9,11,13-14,17,19H,3-4,8,10,12,15-16H2,1-2H3,(H,29,35)(H,31,34)/t19-/m1/s1. The van der Waals surface area contributed by atoms with Crippen LogP contribution in [0.2, 0.25) is 5.02 Å². The molecular formula is C26H31ClN6O4. The molecule has 1 aliphatic rings. The van der Waals surface area contributed by atoms with Crippen molar-refractivity contribution in [3.8, 4) is 5.75 Å². The lowest BCUT2D eigenvalue weighted by molar-refractivity contribution is -0.122. The summed E-state index contributed by atoms with van der Waals surface area (Å²) in [5, 5.41) is 10.5. The van der Waals surface area contributed by atoms with Crippen molar-refractivity contribution in [3.63, 3.8) is 0 Å². The maximum Gasteiger partial charge on any atom is 0.259 e. The second-order valence-electron chi connectivity index (χ2n) is 9.48. The molecule has 37 heavy (non-hydrogen) atoms. The molecule has 0 fully saturated rings. The van der Waals surface area contributed by atoms with Gasteiger partial charge in [-0.25, -0.2) is 9.50 Å². The van der Waals surface area contributed by atoms with E-state index in [1.807, 2.05) is 0 Å². The number of benzene rings is 1. The van der Waals surface area contributed by atoms with Gasteiger partial charge in [-0.2, -0.15) is 5.10 Å². The van der Waals surface area contributed by atoms with Gasteiger partial charge in [0.2, 0.25) is 5.91 Å². The number of hydrogen-bond acceptors (Lipinski definition) is 6. The maximum absolute atomic E-state index is 13.5. The summed E-state index contributed by atoms with van der Waals surface area (Å²) in [6.45, 7) is 4.88. The molecule has 1 aliphatic heterocycles. The van der Waals surface area contributed by atoms with Crippen molar-refractivity contribution in [2.45, 2.75) is 39.2 Å². The monoisotopic (exact) mass is 526 g/mol. The van der Waals surface area contributed by atoms with Crippen molar-refractivity contribution in [1.82, 2.24) is 30.1 Å². The fourth-order valence-electron chi connectivity index (χ4n) is 4.31. The van der Waals surface area contributed by atoms with E-state index in [1.54, 1.807) is 36.7 Å². The van der Waals surface area contributed by atoms with Crippen molar-refractivity contribution in [1.29, 1.82) is 0 Å². The average Bonchev–Trinajstić information content (AvgIpc) is 3.29. The second kappa shape index (κ2) is 12.1. The number of nitrogens with zero attached hydrogens (tertiary/aromatic N) is 4. The number of rotatable bonds is 3. The first-order chi connectivity index (χ1) is 17.8. The van der Waals surface area contributed by atoms with Crippen LogP contribution in [0.1, 0.15) is 53.8 Å². The van der Waals surface area contributed by atoms with E-state index in [-0.39, 0.29) is 42.8 Å². The zero-order valence-electron chi connectivity index (χ0n) is 20.9. The molecule has 0 aliphatic carbocycles. The van der Waals surface area contributed by atoms with E-state index in [0.29, 0.717) is 59.9 Å². The zero-order chi connectivity index (χ0) is 26.4.